The summed E-state index contributed by atoms with van der Waals surface area (Å²) < 4.78 is 21.4. The maximum absolute atomic E-state index is 13.2. The normalized spacial score (nSPS) is 17.2. The molecule has 2 aliphatic heterocycles. The van der Waals surface area contributed by atoms with Crippen LogP contribution < -0.4 is 14.8 Å². The van der Waals surface area contributed by atoms with Crippen molar-refractivity contribution in [2.24, 2.45) is 4.99 Å². The fourth-order valence-electron chi connectivity index (χ4n) is 3.65. The van der Waals surface area contributed by atoms with Gasteiger partial charge >= 0.3 is 5.97 Å². The summed E-state index contributed by atoms with van der Waals surface area (Å²) >= 11 is 1.42. The number of carbonyl (C=O) groups is 2. The van der Waals surface area contributed by atoms with Gasteiger partial charge in [-0.25, -0.2) is 9.79 Å². The predicted molar refractivity (Wildman–Crippen MR) is 126 cm³/mol. The van der Waals surface area contributed by atoms with Gasteiger partial charge in [-0.2, -0.15) is 0 Å². The average molecular weight is 476 g/mol. The smallest absolute Gasteiger partial charge is 0.338 e. The Hall–Kier alpha value is -2.98. The van der Waals surface area contributed by atoms with Gasteiger partial charge in [0.2, 0.25) is 5.91 Å². The molecule has 0 saturated heterocycles. The lowest BCUT2D eigenvalue weighted by molar-refractivity contribution is -0.141. The van der Waals surface area contributed by atoms with E-state index in [0.717, 1.165) is 11.3 Å². The van der Waals surface area contributed by atoms with Crippen LogP contribution >= 0.6 is 11.8 Å². The molecule has 3 rings (SSSR count). The molecule has 0 radical (unpaired) electrons. The quantitative estimate of drug-likeness (QED) is 0.407. The molecule has 1 aromatic carbocycles. The molecule has 0 fully saturated rings. The number of nitrogens with zero attached hydrogens (tertiary/aromatic N) is 2. The minimum absolute atomic E-state index is 0.108. The molecule has 0 aliphatic carbocycles. The van der Waals surface area contributed by atoms with Gasteiger partial charge in [-0.15, -0.1) is 0 Å². The topological polar surface area (TPSA) is 98.7 Å². The molecule has 1 N–H and O–H groups in total. The molecule has 0 spiro atoms. The summed E-state index contributed by atoms with van der Waals surface area (Å²) in [6.07, 6.45) is 0.155. The van der Waals surface area contributed by atoms with Crippen molar-refractivity contribution in [3.8, 4) is 11.5 Å². The summed E-state index contributed by atoms with van der Waals surface area (Å²) in [5, 5.41) is 5.40. The van der Waals surface area contributed by atoms with E-state index in [1.807, 2.05) is 29.4 Å². The first-order valence-electron chi connectivity index (χ1n) is 10.5. The van der Waals surface area contributed by atoms with E-state index in [0.29, 0.717) is 34.5 Å². The summed E-state index contributed by atoms with van der Waals surface area (Å²) in [6.45, 7) is 4.59. The van der Waals surface area contributed by atoms with E-state index in [4.69, 9.17) is 18.9 Å². The lowest BCUT2D eigenvalue weighted by Gasteiger charge is -2.36. The van der Waals surface area contributed by atoms with E-state index < -0.39 is 12.0 Å². The van der Waals surface area contributed by atoms with Crippen LogP contribution in [0.3, 0.4) is 0 Å². The molecule has 33 heavy (non-hydrogen) atoms. The molecule has 1 atom stereocenters. The van der Waals surface area contributed by atoms with Gasteiger partial charge < -0.3 is 29.2 Å². The average Bonchev–Trinajstić information content (AvgIpc) is 3.19. The van der Waals surface area contributed by atoms with E-state index in [9.17, 15) is 9.59 Å². The molecular weight excluding hydrogens is 446 g/mol. The fraction of sp³-hybridized carbons (Fsp3) is 0.435. The lowest BCUT2D eigenvalue weighted by atomic mass is 9.93. The fourth-order valence-corrected chi connectivity index (χ4v) is 4.62. The highest BCUT2D eigenvalue weighted by Gasteiger charge is 2.41. The van der Waals surface area contributed by atoms with Gasteiger partial charge in [0.05, 0.1) is 44.6 Å². The van der Waals surface area contributed by atoms with Gasteiger partial charge in [-0.05, 0) is 37.0 Å². The van der Waals surface area contributed by atoms with Gasteiger partial charge in [0, 0.05) is 25.4 Å². The number of fused-ring (bicyclic) bond motifs is 1. The predicted octanol–water partition coefficient (Wildman–Crippen LogP) is 2.99. The van der Waals surface area contributed by atoms with Gasteiger partial charge in [-0.1, -0.05) is 11.8 Å². The molecule has 2 aliphatic rings. The Balaban J connectivity index is 2.09. The summed E-state index contributed by atoms with van der Waals surface area (Å²) in [5.41, 5.74) is 2.43. The molecule has 2 heterocycles. The maximum atomic E-state index is 13.2. The van der Waals surface area contributed by atoms with Crippen molar-refractivity contribution in [1.82, 2.24) is 10.2 Å². The summed E-state index contributed by atoms with van der Waals surface area (Å²) in [5.74, 6) is 0.565. The van der Waals surface area contributed by atoms with E-state index in [-0.39, 0.29) is 25.5 Å². The van der Waals surface area contributed by atoms with Crippen LogP contribution in [0.25, 0.3) is 0 Å². The molecule has 9 nitrogen and oxygen atoms in total. The van der Waals surface area contributed by atoms with E-state index in [2.05, 4.69) is 10.3 Å². The van der Waals surface area contributed by atoms with Crippen molar-refractivity contribution in [3.05, 3.63) is 46.1 Å². The number of methoxy groups -OCH3 is 3. The number of carbonyl (C=O) groups excluding carboxylic acids is 2. The SMILES string of the molecule is CCNC(=O)CC1=CSC2=NC(C)=C(C(=O)OCCOC)C(c3cc(OC)cc(OC)c3)N12. The van der Waals surface area contributed by atoms with E-state index >= 15 is 0 Å². The van der Waals surface area contributed by atoms with Crippen molar-refractivity contribution >= 4 is 28.8 Å². The first-order valence-corrected chi connectivity index (χ1v) is 11.4. The molecule has 10 heteroatoms. The van der Waals surface area contributed by atoms with Gasteiger partial charge in [0.15, 0.2) is 5.17 Å². The Kier molecular flexibility index (Phi) is 8.40. The zero-order chi connectivity index (χ0) is 24.0. The highest BCUT2D eigenvalue weighted by molar-refractivity contribution is 8.16. The van der Waals surface area contributed by atoms with Crippen LogP contribution in [0, 0.1) is 0 Å². The lowest BCUT2D eigenvalue weighted by Crippen LogP contribution is -2.38. The molecule has 1 aromatic rings. The Morgan fingerprint density at radius 3 is 2.42 bits per heavy atom. The summed E-state index contributed by atoms with van der Waals surface area (Å²) in [6, 6.07) is 4.88. The second-order valence-electron chi connectivity index (χ2n) is 7.30. The first-order chi connectivity index (χ1) is 15.9. The molecular formula is C23H29N3O6S. The van der Waals surface area contributed by atoms with Crippen molar-refractivity contribution in [1.29, 1.82) is 0 Å². The van der Waals surface area contributed by atoms with Gasteiger partial charge in [0.25, 0.3) is 0 Å². The minimum atomic E-state index is -0.577. The number of rotatable bonds is 10. The van der Waals surface area contributed by atoms with Crippen molar-refractivity contribution in [2.45, 2.75) is 26.3 Å². The third kappa shape index (κ3) is 5.51. The Labute approximate surface area is 197 Å². The van der Waals surface area contributed by atoms with Crippen molar-refractivity contribution in [3.63, 3.8) is 0 Å². The van der Waals surface area contributed by atoms with Crippen LogP contribution in [0.5, 0.6) is 11.5 Å². The van der Waals surface area contributed by atoms with Gasteiger partial charge in [0.1, 0.15) is 18.1 Å². The number of amides is 1. The number of allylic oxidation sites excluding steroid dienone is 1. The van der Waals surface area contributed by atoms with Crippen molar-refractivity contribution in [2.75, 3.05) is 41.1 Å². The number of hydrogen-bond acceptors (Lipinski definition) is 9. The number of hydrogen-bond donors (Lipinski definition) is 1. The molecule has 0 aromatic heterocycles. The maximum Gasteiger partial charge on any atom is 0.338 e. The van der Waals surface area contributed by atoms with Crippen LogP contribution in [-0.4, -0.2) is 63.0 Å². The Bertz CT molecular complexity index is 982. The minimum Gasteiger partial charge on any atom is -0.497 e. The third-order valence-electron chi connectivity index (χ3n) is 5.15. The van der Waals surface area contributed by atoms with Crippen molar-refractivity contribution < 1.29 is 28.5 Å². The zero-order valence-electron chi connectivity index (χ0n) is 19.5. The molecule has 1 unspecified atom stereocenters. The standard InChI is InChI=1S/C23H29N3O6S/c1-6-24-19(27)11-16-13-33-23-25-14(2)20(22(28)32-8-7-29-3)21(26(16)23)15-9-17(30-4)12-18(10-15)31-5/h9-10,12-13,21H,6-8,11H2,1-5H3,(H,24,27). The summed E-state index contributed by atoms with van der Waals surface area (Å²) in [4.78, 5) is 32.1. The largest absolute Gasteiger partial charge is 0.497 e. The number of ether oxygens (including phenoxy) is 4. The number of thioether (sulfide) groups is 1. The Morgan fingerprint density at radius 2 is 1.82 bits per heavy atom. The number of benzene rings is 1. The van der Waals surface area contributed by atoms with Crippen LogP contribution in [0.1, 0.15) is 31.9 Å². The second-order valence-corrected chi connectivity index (χ2v) is 8.13. The van der Waals surface area contributed by atoms with Crippen LogP contribution in [-0.2, 0) is 19.1 Å². The molecule has 0 bridgehead atoms. The molecule has 1 amide bonds. The number of amidine groups is 1. The first kappa shape index (κ1) is 24.7. The van der Waals surface area contributed by atoms with Crippen LogP contribution in [0.4, 0.5) is 0 Å². The summed E-state index contributed by atoms with van der Waals surface area (Å²) in [7, 11) is 4.68. The van der Waals surface area contributed by atoms with Crippen LogP contribution in [0.2, 0.25) is 0 Å². The highest BCUT2D eigenvalue weighted by Crippen LogP contribution is 2.46. The highest BCUT2D eigenvalue weighted by atomic mass is 32.2. The van der Waals surface area contributed by atoms with E-state index in [1.165, 1.54) is 11.8 Å². The Morgan fingerprint density at radius 1 is 1.12 bits per heavy atom. The molecule has 0 saturated carbocycles. The van der Waals surface area contributed by atoms with Gasteiger partial charge in [-0.3, -0.25) is 4.79 Å². The zero-order valence-corrected chi connectivity index (χ0v) is 20.3. The monoisotopic (exact) mass is 475 g/mol. The number of aliphatic imine (C=N–C) groups is 1. The number of esters is 1. The second kappa shape index (κ2) is 11.2. The molecule has 178 valence electrons. The third-order valence-corrected chi connectivity index (χ3v) is 6.04. The van der Waals surface area contributed by atoms with E-state index in [1.54, 1.807) is 34.3 Å². The van der Waals surface area contributed by atoms with Crippen LogP contribution in [0.15, 0.2) is 45.6 Å². The number of nitrogens with one attached hydrogen (secondary N) is 1.